The molecular weight excluding hydrogens is 230 g/mol. The molecule has 1 aromatic carbocycles. The average molecular weight is 245 g/mol. The number of nitrogens with one attached hydrogen (secondary N) is 1. The summed E-state index contributed by atoms with van der Waals surface area (Å²) in [6.07, 6.45) is 0.705. The van der Waals surface area contributed by atoms with E-state index in [4.69, 9.17) is 9.26 Å². The molecule has 3 rings (SSSR count). The highest BCUT2D eigenvalue weighted by molar-refractivity contribution is 5.18. The minimum absolute atomic E-state index is 0.425. The van der Waals surface area contributed by atoms with Crippen LogP contribution in [0, 0.1) is 0 Å². The first-order valence-corrected chi connectivity index (χ1v) is 6.06. The number of hydrogen-bond donors (Lipinski definition) is 1. The van der Waals surface area contributed by atoms with Crippen LogP contribution in [-0.4, -0.2) is 29.4 Å². The van der Waals surface area contributed by atoms with E-state index in [1.54, 1.807) is 0 Å². The Morgan fingerprint density at radius 1 is 1.22 bits per heavy atom. The number of ether oxygens (including phenoxy) is 1. The Hall–Kier alpha value is -1.72. The van der Waals surface area contributed by atoms with Gasteiger partial charge in [0.1, 0.15) is 0 Å². The molecule has 1 N–H and O–H groups in total. The Kier molecular flexibility index (Phi) is 3.34. The van der Waals surface area contributed by atoms with Crippen LogP contribution in [0.15, 0.2) is 34.9 Å². The molecule has 0 aliphatic carbocycles. The molecule has 1 aromatic heterocycles. The summed E-state index contributed by atoms with van der Waals surface area (Å²) in [6.45, 7) is 2.14. The van der Waals surface area contributed by atoms with E-state index in [9.17, 15) is 0 Å². The molecule has 5 heteroatoms. The lowest BCUT2D eigenvalue weighted by molar-refractivity contribution is -0.00675. The summed E-state index contributed by atoms with van der Waals surface area (Å²) in [6, 6.07) is 10.5. The van der Waals surface area contributed by atoms with Gasteiger partial charge >= 0.3 is 0 Å². The van der Waals surface area contributed by atoms with Gasteiger partial charge in [-0.2, -0.15) is 4.98 Å². The normalized spacial score (nSPS) is 15.6. The Morgan fingerprint density at radius 3 is 2.78 bits per heavy atom. The highest BCUT2D eigenvalue weighted by Gasteiger charge is 2.18. The second kappa shape index (κ2) is 5.29. The van der Waals surface area contributed by atoms with E-state index in [0.29, 0.717) is 24.9 Å². The zero-order valence-corrected chi connectivity index (χ0v) is 10.0. The molecule has 5 nitrogen and oxygen atoms in total. The monoisotopic (exact) mass is 245 g/mol. The van der Waals surface area contributed by atoms with E-state index in [0.717, 1.165) is 19.0 Å². The van der Waals surface area contributed by atoms with Gasteiger partial charge in [-0.05, 0) is 5.56 Å². The van der Waals surface area contributed by atoms with Crippen molar-refractivity contribution in [1.29, 1.82) is 0 Å². The Morgan fingerprint density at radius 2 is 2.06 bits per heavy atom. The molecule has 2 aromatic rings. The van der Waals surface area contributed by atoms with Crippen LogP contribution in [0.2, 0.25) is 0 Å². The third kappa shape index (κ3) is 2.75. The van der Waals surface area contributed by atoms with Crippen molar-refractivity contribution in [3.05, 3.63) is 47.6 Å². The highest BCUT2D eigenvalue weighted by Crippen LogP contribution is 2.07. The fraction of sp³-hybridized carbons (Fsp3) is 0.385. The molecule has 1 aliphatic rings. The smallest absolute Gasteiger partial charge is 0.240 e. The van der Waals surface area contributed by atoms with Crippen molar-refractivity contribution in [2.75, 3.05) is 13.2 Å². The molecule has 94 valence electrons. The standard InChI is InChI=1S/C13H15N3O2/c1-2-4-10(5-3-1)6-12-15-13(18-16-12)7-14-11-8-17-9-11/h1-5,11,14H,6-9H2. The van der Waals surface area contributed by atoms with Gasteiger partial charge in [0.15, 0.2) is 5.82 Å². The second-order valence-electron chi connectivity index (χ2n) is 4.38. The zero-order chi connectivity index (χ0) is 12.2. The van der Waals surface area contributed by atoms with Crippen LogP contribution < -0.4 is 5.32 Å². The molecule has 0 unspecified atom stereocenters. The van der Waals surface area contributed by atoms with E-state index < -0.39 is 0 Å². The van der Waals surface area contributed by atoms with E-state index in [1.165, 1.54) is 5.56 Å². The SMILES string of the molecule is c1ccc(Cc2noc(CNC3COC3)n2)cc1. The van der Waals surface area contributed by atoms with Crippen LogP contribution in [0.3, 0.4) is 0 Å². The van der Waals surface area contributed by atoms with Crippen molar-refractivity contribution in [2.24, 2.45) is 0 Å². The molecule has 18 heavy (non-hydrogen) atoms. The summed E-state index contributed by atoms with van der Waals surface area (Å²) in [5, 5.41) is 7.27. The van der Waals surface area contributed by atoms with Gasteiger partial charge in [-0.3, -0.25) is 0 Å². The number of nitrogens with zero attached hydrogens (tertiary/aromatic N) is 2. The first-order chi connectivity index (χ1) is 8.90. The minimum atomic E-state index is 0.425. The van der Waals surface area contributed by atoms with Crippen molar-refractivity contribution < 1.29 is 9.26 Å². The maximum atomic E-state index is 5.19. The van der Waals surface area contributed by atoms with Gasteiger partial charge in [-0.25, -0.2) is 0 Å². The maximum Gasteiger partial charge on any atom is 0.240 e. The highest BCUT2D eigenvalue weighted by atomic mass is 16.5. The van der Waals surface area contributed by atoms with E-state index in [2.05, 4.69) is 27.6 Å². The molecule has 1 saturated heterocycles. The Labute approximate surface area is 105 Å². The van der Waals surface area contributed by atoms with E-state index in [-0.39, 0.29) is 0 Å². The van der Waals surface area contributed by atoms with Gasteiger partial charge in [0.05, 0.1) is 25.8 Å². The number of rotatable bonds is 5. The summed E-state index contributed by atoms with van der Waals surface area (Å²) in [5.74, 6) is 1.36. The molecule has 2 heterocycles. The van der Waals surface area contributed by atoms with Crippen molar-refractivity contribution in [2.45, 2.75) is 19.0 Å². The fourth-order valence-electron chi connectivity index (χ4n) is 1.80. The largest absolute Gasteiger partial charge is 0.378 e. The second-order valence-corrected chi connectivity index (χ2v) is 4.38. The fourth-order valence-corrected chi connectivity index (χ4v) is 1.80. The van der Waals surface area contributed by atoms with Crippen LogP contribution >= 0.6 is 0 Å². The van der Waals surface area contributed by atoms with Crippen molar-refractivity contribution in [3.63, 3.8) is 0 Å². The lowest BCUT2D eigenvalue weighted by Gasteiger charge is -2.26. The summed E-state index contributed by atoms with van der Waals surface area (Å²) < 4.78 is 10.3. The first-order valence-electron chi connectivity index (χ1n) is 6.06. The Bertz CT molecular complexity index is 494. The molecular formula is C13H15N3O2. The molecule has 0 bridgehead atoms. The maximum absolute atomic E-state index is 5.19. The van der Waals surface area contributed by atoms with E-state index in [1.807, 2.05) is 18.2 Å². The van der Waals surface area contributed by atoms with Gasteiger partial charge in [-0.1, -0.05) is 35.5 Å². The first kappa shape index (κ1) is 11.4. The molecule has 0 atom stereocenters. The molecule has 1 fully saturated rings. The molecule has 1 aliphatic heterocycles. The molecule has 0 saturated carbocycles. The average Bonchev–Trinajstić information content (AvgIpc) is 2.76. The number of aromatic nitrogens is 2. The summed E-state index contributed by atoms with van der Waals surface area (Å²) in [4.78, 5) is 4.35. The zero-order valence-electron chi connectivity index (χ0n) is 10.0. The minimum Gasteiger partial charge on any atom is -0.378 e. The van der Waals surface area contributed by atoms with Crippen LogP contribution in [0.5, 0.6) is 0 Å². The molecule has 0 amide bonds. The molecule has 0 radical (unpaired) electrons. The van der Waals surface area contributed by atoms with Crippen LogP contribution in [0.25, 0.3) is 0 Å². The third-order valence-corrected chi connectivity index (χ3v) is 2.90. The summed E-state index contributed by atoms with van der Waals surface area (Å²) >= 11 is 0. The number of hydrogen-bond acceptors (Lipinski definition) is 5. The van der Waals surface area contributed by atoms with Crippen LogP contribution in [0.4, 0.5) is 0 Å². The van der Waals surface area contributed by atoms with Crippen molar-refractivity contribution in [1.82, 2.24) is 15.5 Å². The quantitative estimate of drug-likeness (QED) is 0.856. The van der Waals surface area contributed by atoms with Crippen molar-refractivity contribution >= 4 is 0 Å². The van der Waals surface area contributed by atoms with Gasteiger partial charge in [0.2, 0.25) is 5.89 Å². The lowest BCUT2D eigenvalue weighted by Crippen LogP contribution is -2.45. The van der Waals surface area contributed by atoms with Crippen LogP contribution in [-0.2, 0) is 17.7 Å². The summed E-state index contributed by atoms with van der Waals surface area (Å²) in [5.41, 5.74) is 1.19. The molecule has 0 spiro atoms. The number of benzene rings is 1. The van der Waals surface area contributed by atoms with Crippen molar-refractivity contribution in [3.8, 4) is 0 Å². The summed E-state index contributed by atoms with van der Waals surface area (Å²) in [7, 11) is 0. The van der Waals surface area contributed by atoms with Crippen LogP contribution in [0.1, 0.15) is 17.3 Å². The Balaban J connectivity index is 1.55. The predicted octanol–water partition coefficient (Wildman–Crippen LogP) is 1.15. The third-order valence-electron chi connectivity index (χ3n) is 2.90. The lowest BCUT2D eigenvalue weighted by atomic mass is 10.1. The predicted molar refractivity (Wildman–Crippen MR) is 65.0 cm³/mol. The van der Waals surface area contributed by atoms with Gasteiger partial charge < -0.3 is 14.6 Å². The van der Waals surface area contributed by atoms with Gasteiger partial charge in [0.25, 0.3) is 0 Å². The van der Waals surface area contributed by atoms with Gasteiger partial charge in [0, 0.05) is 6.42 Å². The topological polar surface area (TPSA) is 60.2 Å². The van der Waals surface area contributed by atoms with Gasteiger partial charge in [-0.15, -0.1) is 0 Å². The van der Waals surface area contributed by atoms with E-state index >= 15 is 0 Å².